The number of hydrogen-bond donors (Lipinski definition) is 2. The molecule has 52 valence electrons. The smallest absolute Gasteiger partial charge is 0.188 e. The van der Waals surface area contributed by atoms with E-state index in [2.05, 4.69) is 16.0 Å². The SMILES string of the molecule is CC1=NNC(Cl)N(C)N1. The molecule has 0 aromatic rings. The van der Waals surface area contributed by atoms with E-state index < -0.39 is 0 Å². The summed E-state index contributed by atoms with van der Waals surface area (Å²) >= 11 is 5.68. The van der Waals surface area contributed by atoms with E-state index in [0.29, 0.717) is 0 Å². The molecule has 4 nitrogen and oxygen atoms in total. The summed E-state index contributed by atoms with van der Waals surface area (Å²) in [5.41, 5.74) is 5.36. The molecule has 5 heteroatoms. The summed E-state index contributed by atoms with van der Waals surface area (Å²) in [6.45, 7) is 1.85. The molecule has 0 aromatic carbocycles. The molecule has 0 bridgehead atoms. The van der Waals surface area contributed by atoms with Crippen LogP contribution in [0.5, 0.6) is 0 Å². The van der Waals surface area contributed by atoms with Gasteiger partial charge in [-0.3, -0.25) is 5.43 Å². The predicted octanol–water partition coefficient (Wildman–Crippen LogP) is -0.118. The van der Waals surface area contributed by atoms with Crippen molar-refractivity contribution in [2.24, 2.45) is 5.10 Å². The van der Waals surface area contributed by atoms with Crippen molar-refractivity contribution in [3.8, 4) is 0 Å². The molecular weight excluding hydrogens is 140 g/mol. The number of alkyl halides is 1. The first-order valence-electron chi connectivity index (χ1n) is 2.63. The number of halogens is 1. The van der Waals surface area contributed by atoms with Gasteiger partial charge in [0, 0.05) is 7.05 Å². The summed E-state index contributed by atoms with van der Waals surface area (Å²) in [5.74, 6) is 0.814. The summed E-state index contributed by atoms with van der Waals surface area (Å²) in [6, 6.07) is 0. The summed E-state index contributed by atoms with van der Waals surface area (Å²) in [4.78, 5) is 0. The largest absolute Gasteiger partial charge is 0.303 e. The zero-order valence-electron chi connectivity index (χ0n) is 5.35. The van der Waals surface area contributed by atoms with Crippen LogP contribution in [0.4, 0.5) is 0 Å². The molecule has 1 aliphatic rings. The average Bonchev–Trinajstić information content (AvgIpc) is 1.80. The van der Waals surface area contributed by atoms with E-state index in [-0.39, 0.29) is 5.62 Å². The molecule has 2 N–H and O–H groups in total. The van der Waals surface area contributed by atoms with Gasteiger partial charge in [-0.15, -0.1) is 0 Å². The predicted molar refractivity (Wildman–Crippen MR) is 36.8 cm³/mol. The summed E-state index contributed by atoms with van der Waals surface area (Å²) in [6.07, 6.45) is 0. The van der Waals surface area contributed by atoms with Crippen LogP contribution >= 0.6 is 11.6 Å². The Hall–Kier alpha value is -0.480. The topological polar surface area (TPSA) is 39.7 Å². The summed E-state index contributed by atoms with van der Waals surface area (Å²) in [7, 11) is 1.84. The third-order valence-corrected chi connectivity index (χ3v) is 1.41. The fraction of sp³-hybridized carbons (Fsp3) is 0.750. The van der Waals surface area contributed by atoms with Crippen LogP contribution in [0.15, 0.2) is 5.10 Å². The first-order chi connectivity index (χ1) is 4.20. The van der Waals surface area contributed by atoms with Crippen molar-refractivity contribution in [3.05, 3.63) is 0 Å². The van der Waals surface area contributed by atoms with Gasteiger partial charge in [-0.2, -0.15) is 10.1 Å². The Balaban J connectivity index is 2.54. The van der Waals surface area contributed by atoms with Gasteiger partial charge < -0.3 is 5.43 Å². The first-order valence-corrected chi connectivity index (χ1v) is 3.07. The third-order valence-electron chi connectivity index (χ3n) is 1.02. The number of hydrogen-bond acceptors (Lipinski definition) is 4. The molecule has 1 heterocycles. The van der Waals surface area contributed by atoms with E-state index in [9.17, 15) is 0 Å². The van der Waals surface area contributed by atoms with Gasteiger partial charge in [0.1, 0.15) is 5.84 Å². The molecule has 1 atom stereocenters. The number of rotatable bonds is 0. The maximum atomic E-state index is 5.68. The lowest BCUT2D eigenvalue weighted by molar-refractivity contribution is 0.219. The standard InChI is InChI=1S/C4H9ClN4/c1-3-6-7-4(5)9(2)8-3/h4,7H,1-2H3,(H,6,8). The van der Waals surface area contributed by atoms with E-state index in [1.54, 1.807) is 5.01 Å². The van der Waals surface area contributed by atoms with Crippen molar-refractivity contribution in [2.75, 3.05) is 7.05 Å². The fourth-order valence-electron chi connectivity index (χ4n) is 0.574. The molecular formula is C4H9ClN4. The highest BCUT2D eigenvalue weighted by Gasteiger charge is 2.13. The molecule has 1 unspecified atom stereocenters. The molecule has 0 amide bonds. The Bertz CT molecular complexity index is 135. The van der Waals surface area contributed by atoms with E-state index >= 15 is 0 Å². The first kappa shape index (κ1) is 6.64. The van der Waals surface area contributed by atoms with Gasteiger partial charge in [0.25, 0.3) is 0 Å². The Morgan fingerprint density at radius 2 is 2.44 bits per heavy atom. The number of amidine groups is 1. The van der Waals surface area contributed by atoms with Crippen molar-refractivity contribution < 1.29 is 0 Å². The molecule has 0 aromatic heterocycles. The minimum atomic E-state index is -0.256. The highest BCUT2D eigenvalue weighted by molar-refractivity contribution is 6.20. The molecule has 0 spiro atoms. The lowest BCUT2D eigenvalue weighted by Crippen LogP contribution is -2.52. The van der Waals surface area contributed by atoms with Crippen LogP contribution in [-0.4, -0.2) is 23.5 Å². The van der Waals surface area contributed by atoms with E-state index in [0.717, 1.165) is 5.84 Å². The number of nitrogens with zero attached hydrogens (tertiary/aromatic N) is 2. The highest BCUT2D eigenvalue weighted by Crippen LogP contribution is 1.97. The molecule has 0 saturated heterocycles. The maximum absolute atomic E-state index is 5.68. The van der Waals surface area contributed by atoms with Gasteiger partial charge >= 0.3 is 0 Å². The number of hydrazone groups is 1. The highest BCUT2D eigenvalue weighted by atomic mass is 35.5. The molecule has 0 radical (unpaired) electrons. The normalized spacial score (nSPS) is 28.3. The van der Waals surface area contributed by atoms with Crippen LogP contribution in [0, 0.1) is 0 Å². The molecule has 1 aliphatic heterocycles. The quantitative estimate of drug-likeness (QED) is 0.372. The molecule has 0 aliphatic carbocycles. The van der Waals surface area contributed by atoms with Gasteiger partial charge in [-0.25, -0.2) is 0 Å². The molecule has 0 saturated carbocycles. The van der Waals surface area contributed by atoms with Gasteiger partial charge in [-0.1, -0.05) is 11.6 Å². The zero-order chi connectivity index (χ0) is 6.85. The van der Waals surface area contributed by atoms with Crippen LogP contribution < -0.4 is 10.9 Å². The second-order valence-electron chi connectivity index (χ2n) is 1.88. The minimum absolute atomic E-state index is 0.256. The van der Waals surface area contributed by atoms with Crippen LogP contribution in [0.3, 0.4) is 0 Å². The monoisotopic (exact) mass is 148 g/mol. The van der Waals surface area contributed by atoms with Crippen LogP contribution in [-0.2, 0) is 0 Å². The van der Waals surface area contributed by atoms with Crippen molar-refractivity contribution >= 4 is 17.4 Å². The Morgan fingerprint density at radius 1 is 1.78 bits per heavy atom. The van der Waals surface area contributed by atoms with Gasteiger partial charge in [-0.05, 0) is 6.92 Å². The molecule has 1 rings (SSSR count). The van der Waals surface area contributed by atoms with Crippen molar-refractivity contribution in [3.63, 3.8) is 0 Å². The number of nitrogens with one attached hydrogen (secondary N) is 2. The zero-order valence-corrected chi connectivity index (χ0v) is 6.11. The summed E-state index contributed by atoms with van der Waals surface area (Å²) in [5, 5.41) is 5.57. The van der Waals surface area contributed by atoms with Gasteiger partial charge in [0.2, 0.25) is 0 Å². The number of hydrazine groups is 1. The Kier molecular flexibility index (Phi) is 1.78. The Morgan fingerprint density at radius 3 is 2.89 bits per heavy atom. The van der Waals surface area contributed by atoms with E-state index in [4.69, 9.17) is 11.6 Å². The fourth-order valence-corrected chi connectivity index (χ4v) is 0.671. The second kappa shape index (κ2) is 2.41. The molecule has 9 heavy (non-hydrogen) atoms. The third kappa shape index (κ3) is 1.46. The lowest BCUT2D eigenvalue weighted by Gasteiger charge is -2.27. The second-order valence-corrected chi connectivity index (χ2v) is 2.30. The van der Waals surface area contributed by atoms with Crippen molar-refractivity contribution in [1.82, 2.24) is 15.9 Å². The Labute approximate surface area is 58.8 Å². The van der Waals surface area contributed by atoms with Crippen LogP contribution in [0.25, 0.3) is 0 Å². The van der Waals surface area contributed by atoms with Crippen molar-refractivity contribution in [1.29, 1.82) is 0 Å². The van der Waals surface area contributed by atoms with Crippen LogP contribution in [0.2, 0.25) is 0 Å². The van der Waals surface area contributed by atoms with Gasteiger partial charge in [0.05, 0.1) is 0 Å². The van der Waals surface area contributed by atoms with Crippen LogP contribution in [0.1, 0.15) is 6.92 Å². The lowest BCUT2D eigenvalue weighted by atomic mass is 10.7. The van der Waals surface area contributed by atoms with Gasteiger partial charge in [0.15, 0.2) is 5.62 Å². The average molecular weight is 149 g/mol. The minimum Gasteiger partial charge on any atom is -0.303 e. The van der Waals surface area contributed by atoms with E-state index in [1.807, 2.05) is 14.0 Å². The summed E-state index contributed by atoms with van der Waals surface area (Å²) < 4.78 is 0. The van der Waals surface area contributed by atoms with E-state index in [1.165, 1.54) is 0 Å². The molecule has 0 fully saturated rings. The maximum Gasteiger partial charge on any atom is 0.188 e. The van der Waals surface area contributed by atoms with Crippen molar-refractivity contribution in [2.45, 2.75) is 12.5 Å².